The van der Waals surface area contributed by atoms with Crippen LogP contribution < -0.4 is 5.32 Å². The number of nitrogens with one attached hydrogen (secondary N) is 1. The second-order valence-electron chi connectivity index (χ2n) is 6.21. The molecule has 1 aliphatic rings. The number of halogens is 2. The van der Waals surface area contributed by atoms with Gasteiger partial charge in [-0.25, -0.2) is 13.6 Å². The monoisotopic (exact) mass is 297 g/mol. The molecule has 1 saturated carbocycles. The van der Waals surface area contributed by atoms with Crippen LogP contribution in [-0.4, -0.2) is 19.1 Å². The zero-order chi connectivity index (χ0) is 15.6. The maximum atomic E-state index is 14.1. The normalized spacial score (nSPS) is 20.9. The van der Waals surface area contributed by atoms with Gasteiger partial charge in [-0.05, 0) is 30.4 Å². The molecule has 0 aliphatic heterocycles. The summed E-state index contributed by atoms with van der Waals surface area (Å²) in [5.41, 5.74) is -0.258. The zero-order valence-electron chi connectivity index (χ0n) is 12.6. The Morgan fingerprint density at radius 2 is 2.00 bits per heavy atom. The van der Waals surface area contributed by atoms with Crippen molar-refractivity contribution in [1.82, 2.24) is 0 Å². The number of methoxy groups -OCH3 is 1. The highest BCUT2D eigenvalue weighted by atomic mass is 19.2. The van der Waals surface area contributed by atoms with Crippen molar-refractivity contribution in [2.24, 2.45) is 5.41 Å². The number of carbonyl (C=O) groups is 1. The predicted octanol–water partition coefficient (Wildman–Crippen LogP) is 4.13. The molecule has 1 aromatic carbocycles. The van der Waals surface area contributed by atoms with Crippen LogP contribution in [0.1, 0.15) is 49.9 Å². The largest absolute Gasteiger partial charge is 0.465 e. The van der Waals surface area contributed by atoms with Crippen molar-refractivity contribution in [3.05, 3.63) is 29.3 Å². The smallest absolute Gasteiger partial charge is 0.340 e. The molecule has 0 spiro atoms. The first kappa shape index (κ1) is 15.7. The molecule has 0 radical (unpaired) electrons. The second-order valence-corrected chi connectivity index (χ2v) is 6.21. The summed E-state index contributed by atoms with van der Waals surface area (Å²) in [5.74, 6) is -3.07. The van der Waals surface area contributed by atoms with Gasteiger partial charge in [-0.1, -0.05) is 26.7 Å². The van der Waals surface area contributed by atoms with E-state index in [-0.39, 0.29) is 22.7 Å². The molecule has 0 amide bonds. The van der Waals surface area contributed by atoms with Gasteiger partial charge in [0.15, 0.2) is 11.6 Å². The number of hydrogen-bond donors (Lipinski definition) is 1. The van der Waals surface area contributed by atoms with Gasteiger partial charge in [0, 0.05) is 6.04 Å². The summed E-state index contributed by atoms with van der Waals surface area (Å²) in [5, 5.41) is 3.10. The maximum absolute atomic E-state index is 14.1. The van der Waals surface area contributed by atoms with Crippen molar-refractivity contribution in [2.45, 2.75) is 45.6 Å². The molecule has 1 aromatic rings. The van der Waals surface area contributed by atoms with Crippen LogP contribution in [0.25, 0.3) is 0 Å². The number of carbonyl (C=O) groups excluding carboxylic acids is 1. The average molecular weight is 297 g/mol. The predicted molar refractivity (Wildman–Crippen MR) is 77.4 cm³/mol. The average Bonchev–Trinajstić information content (AvgIpc) is 2.45. The van der Waals surface area contributed by atoms with Crippen LogP contribution in [0.3, 0.4) is 0 Å². The highest BCUT2D eigenvalue weighted by Gasteiger charge is 2.33. The van der Waals surface area contributed by atoms with Crippen LogP contribution in [0.2, 0.25) is 0 Å². The van der Waals surface area contributed by atoms with Gasteiger partial charge in [-0.2, -0.15) is 0 Å². The quantitative estimate of drug-likeness (QED) is 0.852. The molecular weight excluding hydrogens is 276 g/mol. The lowest BCUT2D eigenvalue weighted by atomic mass is 9.73. The minimum atomic E-state index is -1.17. The third kappa shape index (κ3) is 3.17. The summed E-state index contributed by atoms with van der Waals surface area (Å²) in [6.45, 7) is 4.25. The number of benzene rings is 1. The van der Waals surface area contributed by atoms with E-state index in [1.54, 1.807) is 0 Å². The molecule has 5 heteroatoms. The van der Waals surface area contributed by atoms with Gasteiger partial charge >= 0.3 is 5.97 Å². The third-order valence-electron chi connectivity index (χ3n) is 4.32. The second kappa shape index (κ2) is 6.00. The van der Waals surface area contributed by atoms with Crippen LogP contribution in [0, 0.1) is 17.0 Å². The molecule has 1 fully saturated rings. The Bertz CT molecular complexity index is 543. The fourth-order valence-corrected chi connectivity index (χ4v) is 2.88. The fraction of sp³-hybridized carbons (Fsp3) is 0.562. The summed E-state index contributed by atoms with van der Waals surface area (Å²) in [6, 6.07) is 2.74. The van der Waals surface area contributed by atoms with E-state index in [4.69, 9.17) is 0 Å². The highest BCUT2D eigenvalue weighted by Crippen LogP contribution is 2.37. The van der Waals surface area contributed by atoms with Crippen LogP contribution in [0.5, 0.6) is 0 Å². The molecule has 0 bridgehead atoms. The minimum Gasteiger partial charge on any atom is -0.465 e. The molecule has 1 aliphatic carbocycles. The Kier molecular flexibility index (Phi) is 4.49. The first-order valence-electron chi connectivity index (χ1n) is 7.19. The molecular formula is C16H21F2NO2. The Morgan fingerprint density at radius 3 is 2.62 bits per heavy atom. The maximum Gasteiger partial charge on any atom is 0.340 e. The summed E-state index contributed by atoms with van der Waals surface area (Å²) in [6.07, 6.45) is 4.20. The van der Waals surface area contributed by atoms with Crippen LogP contribution >= 0.6 is 0 Å². The Hall–Kier alpha value is -1.65. The Balaban J connectivity index is 2.25. The van der Waals surface area contributed by atoms with Gasteiger partial charge in [-0.15, -0.1) is 0 Å². The molecule has 1 unspecified atom stereocenters. The van der Waals surface area contributed by atoms with Gasteiger partial charge in [0.1, 0.15) is 0 Å². The van der Waals surface area contributed by atoms with Crippen LogP contribution in [0.4, 0.5) is 14.5 Å². The molecule has 1 atom stereocenters. The number of ether oxygens (including phenoxy) is 1. The van der Waals surface area contributed by atoms with E-state index < -0.39 is 17.6 Å². The van der Waals surface area contributed by atoms with E-state index in [2.05, 4.69) is 23.9 Å². The topological polar surface area (TPSA) is 38.3 Å². The Morgan fingerprint density at radius 1 is 1.29 bits per heavy atom. The van der Waals surface area contributed by atoms with Crippen molar-refractivity contribution in [2.75, 3.05) is 12.4 Å². The number of esters is 1. The van der Waals surface area contributed by atoms with E-state index in [0.717, 1.165) is 32.8 Å². The number of hydrogen-bond acceptors (Lipinski definition) is 3. The third-order valence-corrected chi connectivity index (χ3v) is 4.32. The fourth-order valence-electron chi connectivity index (χ4n) is 2.88. The molecule has 0 heterocycles. The molecule has 2 rings (SSSR count). The minimum absolute atomic E-state index is 0.0299. The first-order valence-corrected chi connectivity index (χ1v) is 7.19. The molecule has 0 saturated heterocycles. The van der Waals surface area contributed by atoms with E-state index in [0.29, 0.717) is 0 Å². The lowest BCUT2D eigenvalue weighted by Gasteiger charge is -2.39. The van der Waals surface area contributed by atoms with E-state index >= 15 is 0 Å². The van der Waals surface area contributed by atoms with Crippen molar-refractivity contribution in [1.29, 1.82) is 0 Å². The SMILES string of the molecule is COC(=O)c1ccc(NC2CCCCC2(C)C)c(F)c1F. The zero-order valence-corrected chi connectivity index (χ0v) is 12.6. The van der Waals surface area contributed by atoms with E-state index in [9.17, 15) is 13.6 Å². The van der Waals surface area contributed by atoms with Gasteiger partial charge in [-0.3, -0.25) is 0 Å². The molecule has 0 aromatic heterocycles. The summed E-state index contributed by atoms with van der Waals surface area (Å²) < 4.78 is 32.5. The van der Waals surface area contributed by atoms with E-state index in [1.165, 1.54) is 12.1 Å². The van der Waals surface area contributed by atoms with E-state index in [1.807, 2.05) is 0 Å². The lowest BCUT2D eigenvalue weighted by Crippen LogP contribution is -2.39. The summed E-state index contributed by atoms with van der Waals surface area (Å²) in [4.78, 5) is 11.3. The van der Waals surface area contributed by atoms with Crippen molar-refractivity contribution in [3.63, 3.8) is 0 Å². The molecule has 3 nitrogen and oxygen atoms in total. The van der Waals surface area contributed by atoms with Gasteiger partial charge < -0.3 is 10.1 Å². The van der Waals surface area contributed by atoms with Crippen LogP contribution in [0.15, 0.2) is 12.1 Å². The van der Waals surface area contributed by atoms with Crippen molar-refractivity contribution >= 4 is 11.7 Å². The molecule has 116 valence electrons. The molecule has 1 N–H and O–H groups in total. The van der Waals surface area contributed by atoms with Crippen molar-refractivity contribution in [3.8, 4) is 0 Å². The van der Waals surface area contributed by atoms with Crippen molar-refractivity contribution < 1.29 is 18.3 Å². The number of rotatable bonds is 3. The first-order chi connectivity index (χ1) is 9.86. The van der Waals surface area contributed by atoms with Gasteiger partial charge in [0.25, 0.3) is 0 Å². The lowest BCUT2D eigenvalue weighted by molar-refractivity contribution is 0.0594. The summed E-state index contributed by atoms with van der Waals surface area (Å²) >= 11 is 0. The molecule has 21 heavy (non-hydrogen) atoms. The highest BCUT2D eigenvalue weighted by molar-refractivity contribution is 5.90. The number of anilines is 1. The summed E-state index contributed by atoms with van der Waals surface area (Å²) in [7, 11) is 1.14. The van der Waals surface area contributed by atoms with Gasteiger partial charge in [0.2, 0.25) is 0 Å². The van der Waals surface area contributed by atoms with Gasteiger partial charge in [0.05, 0.1) is 18.4 Å². The Labute approximate surface area is 123 Å². The van der Waals surface area contributed by atoms with Crippen LogP contribution in [-0.2, 0) is 4.74 Å². The standard InChI is InChI=1S/C16H21F2NO2/c1-16(2)9-5-4-6-12(16)19-11-8-7-10(15(20)21-3)13(17)14(11)18/h7-8,12,19H,4-6,9H2,1-3H3.